The second-order valence-corrected chi connectivity index (χ2v) is 18.1. The zero-order valence-electron chi connectivity index (χ0n) is 39.5. The average molecular weight is 919 g/mol. The van der Waals surface area contributed by atoms with E-state index in [1.54, 1.807) is 18.7 Å². The summed E-state index contributed by atoms with van der Waals surface area (Å²) in [6.45, 7) is 6.58. The third kappa shape index (κ3) is 17.1. The molecule has 14 nitrogen and oxygen atoms in total. The highest BCUT2D eigenvalue weighted by Crippen LogP contribution is 2.25. The highest BCUT2D eigenvalue weighted by atomic mass is 16.5. The van der Waals surface area contributed by atoms with Gasteiger partial charge in [-0.15, -0.1) is 0 Å². The number of hydrogen-bond acceptors (Lipinski definition) is 10. The summed E-state index contributed by atoms with van der Waals surface area (Å²) in [5.41, 5.74) is 8.39. The van der Waals surface area contributed by atoms with E-state index in [0.717, 1.165) is 61.0 Å². The molecule has 5 N–H and O–H groups in total. The van der Waals surface area contributed by atoms with Crippen molar-refractivity contribution in [3.05, 3.63) is 114 Å². The van der Waals surface area contributed by atoms with Gasteiger partial charge in [-0.2, -0.15) is 0 Å². The van der Waals surface area contributed by atoms with Crippen molar-refractivity contribution in [1.82, 2.24) is 25.8 Å². The SMILES string of the molecule is CC(C)[C@H](NC(=O)C[C@H](NC(=O)CCCCCCCCCCCCCCCOc1ccc(CN(Cc2ccccc2)C(=O)c2cnc(N)o2)cc1)c1ccccc1)C(=O)[C@@H]1C(=O)NC(=O)[C@H]1C. The van der Waals surface area contributed by atoms with Crippen molar-refractivity contribution in [3.63, 3.8) is 0 Å². The van der Waals surface area contributed by atoms with Gasteiger partial charge < -0.3 is 30.4 Å². The molecule has 0 aliphatic carbocycles. The van der Waals surface area contributed by atoms with E-state index in [0.29, 0.717) is 26.1 Å². The van der Waals surface area contributed by atoms with Crippen LogP contribution in [0.25, 0.3) is 0 Å². The zero-order chi connectivity index (χ0) is 48.0. The minimum Gasteiger partial charge on any atom is -0.494 e. The number of ketones is 1. The number of benzene rings is 3. The molecule has 14 heteroatoms. The second-order valence-electron chi connectivity index (χ2n) is 18.1. The lowest BCUT2D eigenvalue weighted by Gasteiger charge is -2.26. The molecule has 1 saturated heterocycles. The van der Waals surface area contributed by atoms with Crippen LogP contribution in [-0.4, -0.2) is 57.9 Å². The molecule has 2 heterocycles. The molecule has 3 aromatic carbocycles. The van der Waals surface area contributed by atoms with Crippen LogP contribution in [0.15, 0.2) is 95.5 Å². The second kappa shape index (κ2) is 27.4. The number of Topliss-reactive ketones (excluding diaryl/α,β-unsaturated/α-hetero) is 1. The molecule has 1 aliphatic rings. The van der Waals surface area contributed by atoms with Crippen molar-refractivity contribution >= 4 is 41.3 Å². The Morgan fingerprint density at radius 1 is 0.716 bits per heavy atom. The lowest BCUT2D eigenvalue weighted by molar-refractivity contribution is -0.137. The van der Waals surface area contributed by atoms with Gasteiger partial charge in [0.15, 0.2) is 5.78 Å². The highest BCUT2D eigenvalue weighted by Gasteiger charge is 2.46. The van der Waals surface area contributed by atoms with Crippen LogP contribution in [0.5, 0.6) is 5.75 Å². The number of rotatable bonds is 30. The van der Waals surface area contributed by atoms with Crippen molar-refractivity contribution in [2.24, 2.45) is 17.8 Å². The van der Waals surface area contributed by atoms with E-state index in [9.17, 15) is 28.8 Å². The molecule has 0 bridgehead atoms. The van der Waals surface area contributed by atoms with Crippen LogP contribution in [0.4, 0.5) is 6.01 Å². The number of carbonyl (C=O) groups excluding carboxylic acids is 6. The molecule has 5 rings (SSSR count). The number of unbranched alkanes of at least 4 members (excludes halogenated alkanes) is 12. The monoisotopic (exact) mass is 919 g/mol. The molecule has 0 radical (unpaired) electrons. The molecule has 1 aromatic heterocycles. The van der Waals surface area contributed by atoms with Gasteiger partial charge in [0.25, 0.3) is 11.9 Å². The van der Waals surface area contributed by atoms with E-state index < -0.39 is 47.4 Å². The Hall–Kier alpha value is -6.31. The van der Waals surface area contributed by atoms with Gasteiger partial charge in [0.2, 0.25) is 29.4 Å². The van der Waals surface area contributed by atoms with Crippen LogP contribution in [0.2, 0.25) is 0 Å². The van der Waals surface area contributed by atoms with Gasteiger partial charge in [-0.05, 0) is 47.6 Å². The number of nitrogens with one attached hydrogen (secondary N) is 3. The summed E-state index contributed by atoms with van der Waals surface area (Å²) in [5.74, 6) is -3.77. The van der Waals surface area contributed by atoms with Crippen molar-refractivity contribution in [2.75, 3.05) is 12.3 Å². The largest absolute Gasteiger partial charge is 0.494 e. The Morgan fingerprint density at radius 2 is 1.27 bits per heavy atom. The van der Waals surface area contributed by atoms with E-state index in [1.165, 1.54) is 58.1 Å². The number of imide groups is 1. The number of carbonyl (C=O) groups is 6. The van der Waals surface area contributed by atoms with Gasteiger partial charge in [0.05, 0.1) is 37.2 Å². The molecule has 0 saturated carbocycles. The molecule has 1 aliphatic heterocycles. The quantitative estimate of drug-likeness (QED) is 0.0222. The Balaban J connectivity index is 0.879. The van der Waals surface area contributed by atoms with Crippen molar-refractivity contribution in [3.8, 4) is 5.75 Å². The molecule has 0 unspecified atom stereocenters. The molecule has 67 heavy (non-hydrogen) atoms. The number of nitrogens with zero attached hydrogens (tertiary/aromatic N) is 2. The summed E-state index contributed by atoms with van der Waals surface area (Å²) in [7, 11) is 0. The van der Waals surface area contributed by atoms with E-state index >= 15 is 0 Å². The number of hydrogen-bond donors (Lipinski definition) is 4. The lowest BCUT2D eigenvalue weighted by Crippen LogP contribution is -2.49. The van der Waals surface area contributed by atoms with Crippen molar-refractivity contribution < 1.29 is 37.9 Å². The Kier molecular flexibility index (Phi) is 21.1. The Morgan fingerprint density at radius 3 is 1.81 bits per heavy atom. The maximum absolute atomic E-state index is 13.3. The molecule has 4 atom stereocenters. The Bertz CT molecular complexity index is 2180. The van der Waals surface area contributed by atoms with Crippen molar-refractivity contribution in [2.45, 2.75) is 142 Å². The van der Waals surface area contributed by atoms with Crippen LogP contribution in [0, 0.1) is 17.8 Å². The van der Waals surface area contributed by atoms with Gasteiger partial charge in [-0.1, -0.05) is 164 Å². The zero-order valence-corrected chi connectivity index (χ0v) is 39.5. The van der Waals surface area contributed by atoms with E-state index in [2.05, 4.69) is 20.9 Å². The first-order chi connectivity index (χ1) is 32.4. The number of nitrogen functional groups attached to an aromatic ring is 1. The van der Waals surface area contributed by atoms with Crippen LogP contribution < -0.4 is 26.4 Å². The van der Waals surface area contributed by atoms with E-state index in [1.807, 2.05) is 84.9 Å². The summed E-state index contributed by atoms with van der Waals surface area (Å²) >= 11 is 0. The van der Waals surface area contributed by atoms with Crippen LogP contribution in [0.1, 0.15) is 150 Å². The maximum atomic E-state index is 13.3. The van der Waals surface area contributed by atoms with Gasteiger partial charge in [-0.25, -0.2) is 4.98 Å². The molecular formula is C53H70N6O8. The minimum absolute atomic E-state index is 0.0375. The van der Waals surface area contributed by atoms with Gasteiger partial charge in [-0.3, -0.25) is 34.1 Å². The standard InChI is InChI=1S/C53H70N6O8/c1-37(2)48(49(62)47-38(3)50(63)58-51(47)64)57-46(61)33-43(41-25-19-16-20-26-41)56-45(60)27-21-13-11-9-7-5-4-6-8-10-12-14-22-32-66-42-30-28-40(29-31-42)36-59(35-39-23-17-15-18-24-39)52(65)44-34-55-53(54)67-44/h15-20,23-26,28-31,34,37-38,43,47-48H,4-14,21-22,27,32-33,35-36H2,1-3H3,(H2,54,55)(H,56,60)(H,57,61)(H,58,63,64)/t38-,43-,47+,48-/m0/s1. The van der Waals surface area contributed by atoms with Crippen LogP contribution in [-0.2, 0) is 37.1 Å². The molecule has 5 amide bonds. The van der Waals surface area contributed by atoms with Crippen LogP contribution >= 0.6 is 0 Å². The molecule has 1 fully saturated rings. The number of nitrogens with two attached hydrogens (primary N) is 1. The molecule has 360 valence electrons. The summed E-state index contributed by atoms with van der Waals surface area (Å²) < 4.78 is 11.3. The highest BCUT2D eigenvalue weighted by molar-refractivity contribution is 6.16. The van der Waals surface area contributed by atoms with Gasteiger partial charge >= 0.3 is 0 Å². The molecule has 0 spiro atoms. The fourth-order valence-electron chi connectivity index (χ4n) is 8.43. The fraction of sp³-hybridized carbons (Fsp3) is 0.491. The third-order valence-electron chi connectivity index (χ3n) is 12.3. The first kappa shape index (κ1) is 51.7. The van der Waals surface area contributed by atoms with E-state index in [4.69, 9.17) is 14.9 Å². The van der Waals surface area contributed by atoms with Gasteiger partial charge in [0, 0.05) is 19.5 Å². The first-order valence-corrected chi connectivity index (χ1v) is 24.2. The smallest absolute Gasteiger partial charge is 0.292 e. The number of aromatic nitrogens is 1. The number of ether oxygens (including phenoxy) is 1. The Labute approximate surface area is 395 Å². The summed E-state index contributed by atoms with van der Waals surface area (Å²) in [6.07, 6.45) is 16.3. The minimum atomic E-state index is -1.14. The summed E-state index contributed by atoms with van der Waals surface area (Å²) in [5, 5.41) is 8.04. The lowest BCUT2D eigenvalue weighted by atomic mass is 9.85. The van der Waals surface area contributed by atoms with Crippen LogP contribution in [0.3, 0.4) is 0 Å². The van der Waals surface area contributed by atoms with Crippen molar-refractivity contribution in [1.29, 1.82) is 0 Å². The first-order valence-electron chi connectivity index (χ1n) is 24.2. The third-order valence-corrected chi connectivity index (χ3v) is 12.3. The number of oxazole rings is 1. The molecular weight excluding hydrogens is 849 g/mol. The summed E-state index contributed by atoms with van der Waals surface area (Å²) in [4.78, 5) is 82.9. The summed E-state index contributed by atoms with van der Waals surface area (Å²) in [6, 6.07) is 25.4. The van der Waals surface area contributed by atoms with Gasteiger partial charge in [0.1, 0.15) is 11.7 Å². The number of anilines is 1. The predicted molar refractivity (Wildman–Crippen MR) is 257 cm³/mol. The molecule has 4 aromatic rings. The normalized spacial score (nSPS) is 15.5. The number of amides is 5. The predicted octanol–water partition coefficient (Wildman–Crippen LogP) is 8.81. The fourth-order valence-corrected chi connectivity index (χ4v) is 8.43. The van der Waals surface area contributed by atoms with E-state index in [-0.39, 0.29) is 35.9 Å². The maximum Gasteiger partial charge on any atom is 0.292 e. The average Bonchev–Trinajstić information content (AvgIpc) is 3.87. The topological polar surface area (TPSA) is 203 Å².